The van der Waals surface area contributed by atoms with Crippen LogP contribution in [0.3, 0.4) is 0 Å². The maximum absolute atomic E-state index is 14.0. The van der Waals surface area contributed by atoms with E-state index >= 15 is 0 Å². The summed E-state index contributed by atoms with van der Waals surface area (Å²) >= 11 is 0. The van der Waals surface area contributed by atoms with Gasteiger partial charge in [-0.2, -0.15) is 13.2 Å². The predicted octanol–water partition coefficient (Wildman–Crippen LogP) is 3.61. The second-order valence-corrected chi connectivity index (χ2v) is 7.10. The molecule has 1 aliphatic carbocycles. The van der Waals surface area contributed by atoms with E-state index in [4.69, 9.17) is 0 Å². The number of esters is 2. The zero-order valence-electron chi connectivity index (χ0n) is 13.7. The number of hydrogen-bond donors (Lipinski definition) is 1. The third-order valence-electron chi connectivity index (χ3n) is 5.58. The van der Waals surface area contributed by atoms with Gasteiger partial charge in [-0.1, -0.05) is 32.0 Å². The van der Waals surface area contributed by atoms with Gasteiger partial charge in [-0.05, 0) is 13.0 Å². The number of halogens is 3. The molecule has 0 aromatic heterocycles. The fraction of sp³-hybridized carbons (Fsp3) is 0.333. The van der Waals surface area contributed by atoms with Crippen molar-refractivity contribution in [2.45, 2.75) is 32.5 Å². The number of benzene rings is 1. The second-order valence-electron chi connectivity index (χ2n) is 7.10. The van der Waals surface area contributed by atoms with Crippen LogP contribution in [0.15, 0.2) is 41.0 Å². The molecule has 3 aliphatic rings. The van der Waals surface area contributed by atoms with Gasteiger partial charge >= 0.3 is 18.1 Å². The molecule has 0 spiro atoms. The third kappa shape index (κ3) is 1.73. The molecule has 0 fully saturated rings. The van der Waals surface area contributed by atoms with Crippen LogP contribution in [-0.2, 0) is 14.3 Å². The maximum atomic E-state index is 14.0. The van der Waals surface area contributed by atoms with Crippen molar-refractivity contribution in [2.75, 3.05) is 5.32 Å². The van der Waals surface area contributed by atoms with E-state index in [0.717, 1.165) is 0 Å². The van der Waals surface area contributed by atoms with E-state index in [-0.39, 0.29) is 11.1 Å². The van der Waals surface area contributed by atoms with Crippen molar-refractivity contribution in [3.05, 3.63) is 46.5 Å². The molecule has 0 saturated heterocycles. The lowest BCUT2D eigenvalue weighted by molar-refractivity contribution is -0.152. The summed E-state index contributed by atoms with van der Waals surface area (Å²) in [7, 11) is 0. The van der Waals surface area contributed by atoms with Crippen molar-refractivity contribution < 1.29 is 27.5 Å². The Hall–Kier alpha value is -2.57. The van der Waals surface area contributed by atoms with Crippen molar-refractivity contribution >= 4 is 23.2 Å². The molecule has 2 heterocycles. The molecule has 0 bridgehead atoms. The number of anilines is 1. The molecule has 1 N–H and O–H groups in total. The van der Waals surface area contributed by atoms with Crippen LogP contribution in [0.2, 0.25) is 0 Å². The standard InChI is InChI=1S/C18H14F3NO3/c1-16(2)13-10(14(23)25-15(13)24)12(18(19,20)21)11-8-6-4-5-7-9(8)22-17(11,16)3/h4-7,22H,1-3H3. The van der Waals surface area contributed by atoms with Gasteiger partial charge in [-0.15, -0.1) is 0 Å². The number of para-hydroxylation sites is 1. The fourth-order valence-corrected chi connectivity index (χ4v) is 4.11. The van der Waals surface area contributed by atoms with Crippen LogP contribution in [0.5, 0.6) is 0 Å². The summed E-state index contributed by atoms with van der Waals surface area (Å²) < 4.78 is 46.5. The van der Waals surface area contributed by atoms with E-state index in [1.54, 1.807) is 45.0 Å². The first-order valence-electron chi connectivity index (χ1n) is 7.71. The van der Waals surface area contributed by atoms with Crippen LogP contribution in [0.25, 0.3) is 5.57 Å². The van der Waals surface area contributed by atoms with Crippen molar-refractivity contribution in [2.24, 2.45) is 5.41 Å². The second kappa shape index (κ2) is 4.33. The van der Waals surface area contributed by atoms with Gasteiger partial charge in [0.2, 0.25) is 0 Å². The van der Waals surface area contributed by atoms with E-state index < -0.39 is 40.2 Å². The zero-order chi connectivity index (χ0) is 18.4. The van der Waals surface area contributed by atoms with Gasteiger partial charge in [0.25, 0.3) is 0 Å². The molecular weight excluding hydrogens is 335 g/mol. The molecule has 0 radical (unpaired) electrons. The number of fused-ring (bicyclic) bond motifs is 3. The molecule has 1 atom stereocenters. The molecule has 4 nitrogen and oxygen atoms in total. The molecule has 7 heteroatoms. The van der Waals surface area contributed by atoms with E-state index in [2.05, 4.69) is 10.1 Å². The molecule has 1 aromatic rings. The Morgan fingerprint density at radius 3 is 2.28 bits per heavy atom. The number of carbonyl (C=O) groups is 2. The van der Waals surface area contributed by atoms with Gasteiger partial charge in [0.1, 0.15) is 0 Å². The summed E-state index contributed by atoms with van der Waals surface area (Å²) in [5.74, 6) is -2.25. The predicted molar refractivity (Wildman–Crippen MR) is 83.4 cm³/mol. The quantitative estimate of drug-likeness (QED) is 0.574. The zero-order valence-corrected chi connectivity index (χ0v) is 13.7. The molecular formula is C18H14F3NO3. The van der Waals surface area contributed by atoms with Crippen molar-refractivity contribution in [1.29, 1.82) is 0 Å². The topological polar surface area (TPSA) is 55.4 Å². The first kappa shape index (κ1) is 15.9. The molecule has 1 aromatic carbocycles. The largest absolute Gasteiger partial charge is 0.417 e. The molecule has 0 saturated carbocycles. The molecule has 2 aliphatic heterocycles. The minimum Gasteiger partial charge on any atom is -0.386 e. The highest BCUT2D eigenvalue weighted by Gasteiger charge is 2.64. The minimum absolute atomic E-state index is 0.0222. The molecule has 25 heavy (non-hydrogen) atoms. The van der Waals surface area contributed by atoms with Gasteiger partial charge in [0.05, 0.1) is 22.3 Å². The minimum atomic E-state index is -4.81. The van der Waals surface area contributed by atoms with Crippen molar-refractivity contribution in [1.82, 2.24) is 0 Å². The Balaban J connectivity index is 2.19. The van der Waals surface area contributed by atoms with Gasteiger partial charge in [0, 0.05) is 22.2 Å². The monoisotopic (exact) mass is 349 g/mol. The van der Waals surface area contributed by atoms with Crippen molar-refractivity contribution in [3.8, 4) is 0 Å². The summed E-state index contributed by atoms with van der Waals surface area (Å²) in [5, 5.41) is 3.14. The lowest BCUT2D eigenvalue weighted by Gasteiger charge is -2.46. The van der Waals surface area contributed by atoms with Crippen LogP contribution in [0, 0.1) is 5.41 Å². The Morgan fingerprint density at radius 2 is 1.64 bits per heavy atom. The number of carbonyl (C=O) groups excluding carboxylic acids is 2. The normalized spacial score (nSPS) is 27.0. The molecule has 4 rings (SSSR count). The maximum Gasteiger partial charge on any atom is 0.417 e. The average Bonchev–Trinajstić information content (AvgIpc) is 2.94. The number of nitrogens with one attached hydrogen (secondary N) is 1. The lowest BCUT2D eigenvalue weighted by Crippen LogP contribution is -2.52. The van der Waals surface area contributed by atoms with Gasteiger partial charge in [-0.3, -0.25) is 0 Å². The summed E-state index contributed by atoms with van der Waals surface area (Å²) in [5.41, 5.74) is -3.38. The highest BCUT2D eigenvalue weighted by atomic mass is 19.4. The average molecular weight is 349 g/mol. The number of alkyl halides is 3. The highest BCUT2D eigenvalue weighted by molar-refractivity contribution is 6.19. The van der Waals surface area contributed by atoms with Gasteiger partial charge in [-0.25, -0.2) is 9.59 Å². The number of ether oxygens (including phenoxy) is 1. The third-order valence-corrected chi connectivity index (χ3v) is 5.58. The first-order chi connectivity index (χ1) is 11.5. The van der Waals surface area contributed by atoms with Crippen LogP contribution in [0.4, 0.5) is 18.9 Å². The van der Waals surface area contributed by atoms with Crippen molar-refractivity contribution in [3.63, 3.8) is 0 Å². The molecule has 130 valence electrons. The summed E-state index contributed by atoms with van der Waals surface area (Å²) in [6.45, 7) is 4.91. The van der Waals surface area contributed by atoms with E-state index in [1.807, 2.05) is 0 Å². The fourth-order valence-electron chi connectivity index (χ4n) is 4.11. The number of hydrogen-bond acceptors (Lipinski definition) is 4. The summed E-state index contributed by atoms with van der Waals surface area (Å²) in [4.78, 5) is 24.3. The SMILES string of the molecule is CC1(C)C2=C(C(=O)OC2=O)C(C(F)(F)F)=C2c3ccccc3NC21C. The van der Waals surface area contributed by atoms with E-state index in [1.165, 1.54) is 0 Å². The van der Waals surface area contributed by atoms with Crippen LogP contribution in [-0.4, -0.2) is 23.7 Å². The Bertz CT molecular complexity index is 924. The van der Waals surface area contributed by atoms with E-state index in [0.29, 0.717) is 11.3 Å². The Labute approximate surface area is 141 Å². The summed E-state index contributed by atoms with van der Waals surface area (Å²) in [6, 6.07) is 6.62. The summed E-state index contributed by atoms with van der Waals surface area (Å²) in [6.07, 6.45) is -4.81. The smallest absolute Gasteiger partial charge is 0.386 e. The van der Waals surface area contributed by atoms with Crippen LogP contribution < -0.4 is 5.32 Å². The van der Waals surface area contributed by atoms with Crippen LogP contribution >= 0.6 is 0 Å². The molecule has 0 amide bonds. The Morgan fingerprint density at radius 1 is 1.00 bits per heavy atom. The Kier molecular flexibility index (Phi) is 2.76. The lowest BCUT2D eigenvalue weighted by atomic mass is 9.59. The molecule has 1 unspecified atom stereocenters. The first-order valence-corrected chi connectivity index (χ1v) is 7.71. The van der Waals surface area contributed by atoms with Gasteiger partial charge < -0.3 is 10.1 Å². The van der Waals surface area contributed by atoms with Crippen LogP contribution in [0.1, 0.15) is 26.3 Å². The highest BCUT2D eigenvalue weighted by Crippen LogP contribution is 2.62. The van der Waals surface area contributed by atoms with E-state index in [9.17, 15) is 22.8 Å². The number of cyclic esters (lactones) is 2. The van der Waals surface area contributed by atoms with Gasteiger partial charge in [0.15, 0.2) is 0 Å². The number of rotatable bonds is 0.